The number of hydrogen-bond donors (Lipinski definition) is 1. The van der Waals surface area contributed by atoms with Crippen molar-refractivity contribution in [3.63, 3.8) is 0 Å². The van der Waals surface area contributed by atoms with Crippen LogP contribution in [-0.2, 0) is 4.79 Å². The van der Waals surface area contributed by atoms with E-state index in [2.05, 4.69) is 4.98 Å². The molecule has 1 N–H and O–H groups in total. The van der Waals surface area contributed by atoms with Crippen molar-refractivity contribution in [3.8, 4) is 11.1 Å². The van der Waals surface area contributed by atoms with Gasteiger partial charge in [0.1, 0.15) is 5.82 Å². The zero-order chi connectivity index (χ0) is 13.8. The first-order valence-electron chi connectivity index (χ1n) is 5.99. The Kier molecular flexibility index (Phi) is 3.90. The lowest BCUT2D eigenvalue weighted by atomic mass is 9.94. The fourth-order valence-corrected chi connectivity index (χ4v) is 1.97. The van der Waals surface area contributed by atoms with Crippen LogP contribution < -0.4 is 0 Å². The lowest BCUT2D eigenvalue weighted by Crippen LogP contribution is -2.03. The van der Waals surface area contributed by atoms with Gasteiger partial charge in [0.25, 0.3) is 0 Å². The lowest BCUT2D eigenvalue weighted by molar-refractivity contribution is -0.137. The highest BCUT2D eigenvalue weighted by molar-refractivity contribution is 5.69. The van der Waals surface area contributed by atoms with Crippen LogP contribution in [0.4, 0.5) is 4.39 Å². The van der Waals surface area contributed by atoms with Crippen molar-refractivity contribution in [2.24, 2.45) is 0 Å². The molecule has 0 bridgehead atoms. The molecule has 1 heterocycles. The van der Waals surface area contributed by atoms with Gasteiger partial charge in [-0.15, -0.1) is 0 Å². The third-order valence-corrected chi connectivity index (χ3v) is 3.01. The van der Waals surface area contributed by atoms with Crippen LogP contribution in [0, 0.1) is 5.82 Å². The smallest absolute Gasteiger partial charge is 0.303 e. The number of rotatable bonds is 4. The number of nitrogens with zero attached hydrogens (tertiary/aromatic N) is 1. The molecule has 0 aliphatic carbocycles. The van der Waals surface area contributed by atoms with Gasteiger partial charge in [0, 0.05) is 23.5 Å². The van der Waals surface area contributed by atoms with Gasteiger partial charge in [0.15, 0.2) is 0 Å². The first-order chi connectivity index (χ1) is 9.08. The van der Waals surface area contributed by atoms with Gasteiger partial charge in [-0.25, -0.2) is 4.39 Å². The second-order valence-corrected chi connectivity index (χ2v) is 4.48. The monoisotopic (exact) mass is 259 g/mol. The third kappa shape index (κ3) is 3.16. The van der Waals surface area contributed by atoms with Crippen LogP contribution in [0.25, 0.3) is 11.1 Å². The molecule has 2 rings (SSSR count). The van der Waals surface area contributed by atoms with Gasteiger partial charge in [0.2, 0.25) is 0 Å². The number of aromatic nitrogens is 1. The number of carbonyl (C=O) groups is 1. The van der Waals surface area contributed by atoms with E-state index in [4.69, 9.17) is 5.11 Å². The van der Waals surface area contributed by atoms with Crippen LogP contribution in [0.3, 0.4) is 0 Å². The third-order valence-electron chi connectivity index (χ3n) is 3.01. The molecule has 0 saturated carbocycles. The summed E-state index contributed by atoms with van der Waals surface area (Å²) in [5, 5.41) is 8.80. The van der Waals surface area contributed by atoms with E-state index in [1.807, 2.05) is 6.92 Å². The highest BCUT2D eigenvalue weighted by Gasteiger charge is 2.13. The van der Waals surface area contributed by atoms with Gasteiger partial charge in [-0.1, -0.05) is 19.1 Å². The predicted molar refractivity (Wildman–Crippen MR) is 70.3 cm³/mol. The summed E-state index contributed by atoms with van der Waals surface area (Å²) in [5.74, 6) is -1.35. The van der Waals surface area contributed by atoms with Crippen LogP contribution in [0.1, 0.15) is 24.8 Å². The number of pyridine rings is 1. The normalized spacial score (nSPS) is 12.1. The summed E-state index contributed by atoms with van der Waals surface area (Å²) < 4.78 is 13.8. The molecule has 0 radical (unpaired) electrons. The summed E-state index contributed by atoms with van der Waals surface area (Å²) >= 11 is 0. The Morgan fingerprint density at radius 1 is 1.42 bits per heavy atom. The summed E-state index contributed by atoms with van der Waals surface area (Å²) in [5.41, 5.74) is 1.94. The van der Waals surface area contributed by atoms with E-state index >= 15 is 0 Å². The van der Waals surface area contributed by atoms with E-state index in [1.165, 1.54) is 6.07 Å². The molecule has 0 amide bonds. The van der Waals surface area contributed by atoms with Crippen LogP contribution in [-0.4, -0.2) is 16.1 Å². The zero-order valence-electron chi connectivity index (χ0n) is 10.5. The van der Waals surface area contributed by atoms with E-state index in [0.717, 1.165) is 5.56 Å². The Bertz CT molecular complexity index is 584. The SMILES string of the molecule is CC(CC(=O)O)c1ccc(F)c(-c2cccnc2)c1. The van der Waals surface area contributed by atoms with Crippen molar-refractivity contribution in [2.75, 3.05) is 0 Å². The molecule has 3 nitrogen and oxygen atoms in total. The van der Waals surface area contributed by atoms with Crippen LogP contribution >= 0.6 is 0 Å². The van der Waals surface area contributed by atoms with Crippen LogP contribution in [0.15, 0.2) is 42.7 Å². The van der Waals surface area contributed by atoms with Crippen LogP contribution in [0.5, 0.6) is 0 Å². The molecule has 98 valence electrons. The Morgan fingerprint density at radius 2 is 2.21 bits per heavy atom. The fourth-order valence-electron chi connectivity index (χ4n) is 1.97. The first kappa shape index (κ1) is 13.2. The largest absolute Gasteiger partial charge is 0.481 e. The molecular weight excluding hydrogens is 245 g/mol. The topological polar surface area (TPSA) is 50.2 Å². The van der Waals surface area contributed by atoms with Gasteiger partial charge in [-0.05, 0) is 29.7 Å². The number of carboxylic acids is 1. The van der Waals surface area contributed by atoms with Crippen molar-refractivity contribution in [1.29, 1.82) is 0 Å². The van der Waals surface area contributed by atoms with Crippen LogP contribution in [0.2, 0.25) is 0 Å². The molecule has 0 aliphatic rings. The molecule has 1 aromatic carbocycles. The van der Waals surface area contributed by atoms with E-state index < -0.39 is 5.97 Å². The Morgan fingerprint density at radius 3 is 2.84 bits per heavy atom. The van der Waals surface area contributed by atoms with Crippen molar-refractivity contribution in [3.05, 3.63) is 54.1 Å². The summed E-state index contributed by atoms with van der Waals surface area (Å²) in [4.78, 5) is 14.7. The summed E-state index contributed by atoms with van der Waals surface area (Å²) in [6.45, 7) is 1.81. The van der Waals surface area contributed by atoms with Crippen molar-refractivity contribution >= 4 is 5.97 Å². The van der Waals surface area contributed by atoms with E-state index in [-0.39, 0.29) is 18.2 Å². The molecule has 0 spiro atoms. The van der Waals surface area contributed by atoms with Gasteiger partial charge in [-0.2, -0.15) is 0 Å². The number of aliphatic carboxylic acids is 1. The summed E-state index contributed by atoms with van der Waals surface area (Å²) in [7, 11) is 0. The molecular formula is C15H14FNO2. The van der Waals surface area contributed by atoms with Crippen molar-refractivity contribution in [1.82, 2.24) is 4.98 Å². The first-order valence-corrected chi connectivity index (χ1v) is 5.99. The molecule has 2 aromatic rings. The minimum Gasteiger partial charge on any atom is -0.481 e. The molecule has 0 saturated heterocycles. The highest BCUT2D eigenvalue weighted by Crippen LogP contribution is 2.27. The maximum absolute atomic E-state index is 13.8. The van der Waals surface area contributed by atoms with Gasteiger partial charge < -0.3 is 5.11 Å². The molecule has 1 atom stereocenters. The van der Waals surface area contributed by atoms with Gasteiger partial charge in [0.05, 0.1) is 6.42 Å². The highest BCUT2D eigenvalue weighted by atomic mass is 19.1. The second-order valence-electron chi connectivity index (χ2n) is 4.48. The number of halogens is 1. The molecule has 0 fully saturated rings. The Balaban J connectivity index is 2.38. The Hall–Kier alpha value is -2.23. The fraction of sp³-hybridized carbons (Fsp3) is 0.200. The van der Waals surface area contributed by atoms with E-state index in [9.17, 15) is 9.18 Å². The van der Waals surface area contributed by atoms with Crippen molar-refractivity contribution < 1.29 is 14.3 Å². The maximum atomic E-state index is 13.8. The van der Waals surface area contributed by atoms with E-state index in [0.29, 0.717) is 11.1 Å². The van der Waals surface area contributed by atoms with E-state index in [1.54, 1.807) is 36.7 Å². The molecule has 0 aliphatic heterocycles. The Labute approximate surface area is 110 Å². The van der Waals surface area contributed by atoms with Crippen molar-refractivity contribution in [2.45, 2.75) is 19.3 Å². The second kappa shape index (κ2) is 5.61. The minimum absolute atomic E-state index is 0.0259. The van der Waals surface area contributed by atoms with Gasteiger partial charge >= 0.3 is 5.97 Å². The standard InChI is InChI=1S/C15H14FNO2/c1-10(7-15(18)19)11-4-5-14(16)13(8-11)12-3-2-6-17-9-12/h2-6,8-10H,7H2,1H3,(H,18,19). The average molecular weight is 259 g/mol. The summed E-state index contributed by atoms with van der Waals surface area (Å²) in [6, 6.07) is 8.21. The molecule has 4 heteroatoms. The van der Waals surface area contributed by atoms with Gasteiger partial charge in [-0.3, -0.25) is 9.78 Å². The molecule has 1 unspecified atom stereocenters. The average Bonchev–Trinajstić information content (AvgIpc) is 2.39. The minimum atomic E-state index is -0.861. The quantitative estimate of drug-likeness (QED) is 0.914. The number of carboxylic acid groups (broad SMARTS) is 1. The zero-order valence-corrected chi connectivity index (χ0v) is 10.5. The molecule has 19 heavy (non-hydrogen) atoms. The lowest BCUT2D eigenvalue weighted by Gasteiger charge is -2.12. The summed E-state index contributed by atoms with van der Waals surface area (Å²) in [6.07, 6.45) is 3.24. The maximum Gasteiger partial charge on any atom is 0.303 e. The number of benzene rings is 1. The molecule has 1 aromatic heterocycles. The predicted octanol–water partition coefficient (Wildman–Crippen LogP) is 3.47. The number of hydrogen-bond acceptors (Lipinski definition) is 2.